The highest BCUT2D eigenvalue weighted by Gasteiger charge is 2.29. The number of halogens is 3. The first-order chi connectivity index (χ1) is 14.7. The number of benzene rings is 1. The van der Waals surface area contributed by atoms with Crippen molar-refractivity contribution in [2.75, 3.05) is 33.0 Å². The van der Waals surface area contributed by atoms with Crippen molar-refractivity contribution in [1.82, 2.24) is 4.57 Å². The molecule has 4 rings (SSSR count). The minimum Gasteiger partial charge on any atom is -0.484 e. The van der Waals surface area contributed by atoms with Crippen molar-refractivity contribution in [3.05, 3.63) is 39.5 Å². The first-order valence-electron chi connectivity index (χ1n) is 10.1. The predicted molar refractivity (Wildman–Crippen MR) is 110 cm³/mol. The quantitative estimate of drug-likeness (QED) is 0.662. The summed E-state index contributed by atoms with van der Waals surface area (Å²) >= 11 is 0. The smallest absolute Gasteiger partial charge is 0.422 e. The normalized spacial score (nSPS) is 18.3. The monoisotopic (exact) mass is 437 g/mol. The third-order valence-electron chi connectivity index (χ3n) is 5.50. The van der Waals surface area contributed by atoms with Crippen molar-refractivity contribution < 1.29 is 32.1 Å². The van der Waals surface area contributed by atoms with Gasteiger partial charge in [-0.1, -0.05) is 0 Å². The minimum atomic E-state index is -4.40. The Morgan fingerprint density at radius 2 is 2.06 bits per heavy atom. The molecular formula is C21H23BF3NO5. The molecule has 10 heteroatoms. The van der Waals surface area contributed by atoms with Crippen LogP contribution in [0.15, 0.2) is 23.0 Å². The number of alkyl halides is 3. The van der Waals surface area contributed by atoms with E-state index in [1.807, 2.05) is 4.57 Å². The molecule has 1 fully saturated rings. The van der Waals surface area contributed by atoms with Gasteiger partial charge in [-0.3, -0.25) is 4.79 Å². The maximum Gasteiger partial charge on any atom is 0.422 e. The zero-order valence-electron chi connectivity index (χ0n) is 17.4. The number of hydrogen-bond acceptors (Lipinski definition) is 5. The molecule has 1 atom stereocenters. The third kappa shape index (κ3) is 4.59. The molecule has 1 aromatic heterocycles. The molecule has 0 spiro atoms. The van der Waals surface area contributed by atoms with Crippen LogP contribution < -0.4 is 20.4 Å². The molecule has 6 nitrogen and oxygen atoms in total. The van der Waals surface area contributed by atoms with Crippen LogP contribution in [-0.2, 0) is 22.4 Å². The number of ether oxygens (including phenoxy) is 4. The summed E-state index contributed by atoms with van der Waals surface area (Å²) in [7, 11) is 1.74. The lowest BCUT2D eigenvalue weighted by Crippen LogP contribution is -2.38. The predicted octanol–water partition coefficient (Wildman–Crippen LogP) is 1.37. The van der Waals surface area contributed by atoms with Gasteiger partial charge in [-0.15, -0.1) is 0 Å². The van der Waals surface area contributed by atoms with Crippen molar-refractivity contribution >= 4 is 13.3 Å². The molecule has 0 amide bonds. The molecule has 2 aromatic rings. The maximum absolute atomic E-state index is 12.9. The van der Waals surface area contributed by atoms with E-state index in [-0.39, 0.29) is 23.9 Å². The number of rotatable bonds is 5. The van der Waals surface area contributed by atoms with Crippen LogP contribution in [-0.4, -0.2) is 57.7 Å². The summed E-state index contributed by atoms with van der Waals surface area (Å²) < 4.78 is 61.3. The Morgan fingerprint density at radius 3 is 2.77 bits per heavy atom. The van der Waals surface area contributed by atoms with Crippen molar-refractivity contribution in [3.63, 3.8) is 0 Å². The lowest BCUT2D eigenvalue weighted by Gasteiger charge is -2.29. The summed E-state index contributed by atoms with van der Waals surface area (Å²) in [5.41, 5.74) is 3.32. The van der Waals surface area contributed by atoms with E-state index in [2.05, 4.69) is 0 Å². The van der Waals surface area contributed by atoms with Gasteiger partial charge >= 0.3 is 6.18 Å². The first kappa shape index (κ1) is 21.8. The van der Waals surface area contributed by atoms with E-state index in [4.69, 9.17) is 18.9 Å². The van der Waals surface area contributed by atoms with Gasteiger partial charge in [0.15, 0.2) is 25.8 Å². The second-order valence-electron chi connectivity index (χ2n) is 7.74. The summed E-state index contributed by atoms with van der Waals surface area (Å²) in [6, 6.07) is 4.81. The number of aryl methyl sites for hydroxylation is 1. The zero-order chi connectivity index (χ0) is 22.2. The molecule has 3 heterocycles. The van der Waals surface area contributed by atoms with Gasteiger partial charge in [0, 0.05) is 23.1 Å². The molecule has 0 saturated carbocycles. The SMILES string of the molecule is Bc1c(OCC2COCCO2)n2c(c(C)c1=O)-c1ccc(OCC(F)(F)F)cc1CC2. The molecule has 2 aliphatic heterocycles. The second-order valence-corrected chi connectivity index (χ2v) is 7.74. The summed E-state index contributed by atoms with van der Waals surface area (Å²) in [4.78, 5) is 12.9. The minimum absolute atomic E-state index is 0.118. The third-order valence-corrected chi connectivity index (χ3v) is 5.50. The van der Waals surface area contributed by atoms with Crippen molar-refractivity contribution in [3.8, 4) is 22.9 Å². The highest BCUT2D eigenvalue weighted by atomic mass is 19.4. The molecule has 0 aliphatic carbocycles. The topological polar surface area (TPSA) is 58.9 Å². The van der Waals surface area contributed by atoms with Gasteiger partial charge in [-0.25, -0.2) is 0 Å². The Balaban J connectivity index is 1.66. The summed E-state index contributed by atoms with van der Waals surface area (Å²) in [5, 5.41) is 0. The average molecular weight is 437 g/mol. The van der Waals surface area contributed by atoms with Gasteiger partial charge < -0.3 is 23.5 Å². The number of pyridine rings is 1. The maximum atomic E-state index is 12.9. The molecule has 2 aliphatic rings. The lowest BCUT2D eigenvalue weighted by molar-refractivity contribution is -0.153. The molecule has 1 unspecified atom stereocenters. The van der Waals surface area contributed by atoms with E-state index in [0.717, 1.165) is 16.8 Å². The summed E-state index contributed by atoms with van der Waals surface area (Å²) in [6.45, 7) is 2.71. The van der Waals surface area contributed by atoms with Crippen LogP contribution >= 0.6 is 0 Å². The van der Waals surface area contributed by atoms with Gasteiger partial charge in [0.2, 0.25) is 0 Å². The second kappa shape index (κ2) is 8.59. The van der Waals surface area contributed by atoms with Gasteiger partial charge in [-0.2, -0.15) is 13.2 Å². The van der Waals surface area contributed by atoms with E-state index in [9.17, 15) is 18.0 Å². The zero-order valence-corrected chi connectivity index (χ0v) is 17.4. The fourth-order valence-corrected chi connectivity index (χ4v) is 4.04. The molecule has 166 valence electrons. The summed E-state index contributed by atoms with van der Waals surface area (Å²) in [6.07, 6.45) is -4.03. The largest absolute Gasteiger partial charge is 0.484 e. The van der Waals surface area contributed by atoms with Crippen molar-refractivity contribution in [2.24, 2.45) is 0 Å². The van der Waals surface area contributed by atoms with E-state index < -0.39 is 12.8 Å². The van der Waals surface area contributed by atoms with Gasteiger partial charge in [-0.05, 0) is 37.1 Å². The Morgan fingerprint density at radius 1 is 1.26 bits per heavy atom. The highest BCUT2D eigenvalue weighted by Crippen LogP contribution is 2.35. The van der Waals surface area contributed by atoms with E-state index in [1.54, 1.807) is 26.9 Å². The Labute approximate surface area is 178 Å². The van der Waals surface area contributed by atoms with E-state index >= 15 is 0 Å². The van der Waals surface area contributed by atoms with Crippen LogP contribution in [0.2, 0.25) is 0 Å². The number of fused-ring (bicyclic) bond motifs is 3. The van der Waals surface area contributed by atoms with Crippen molar-refractivity contribution in [1.29, 1.82) is 0 Å². The first-order valence-corrected chi connectivity index (χ1v) is 10.1. The van der Waals surface area contributed by atoms with Crippen LogP contribution in [0.25, 0.3) is 11.3 Å². The van der Waals surface area contributed by atoms with Crippen LogP contribution in [0.5, 0.6) is 11.6 Å². The van der Waals surface area contributed by atoms with Crippen molar-refractivity contribution in [2.45, 2.75) is 32.2 Å². The Kier molecular flexibility index (Phi) is 6.03. The molecule has 31 heavy (non-hydrogen) atoms. The number of hydrogen-bond donors (Lipinski definition) is 0. The average Bonchev–Trinajstić information content (AvgIpc) is 2.75. The summed E-state index contributed by atoms with van der Waals surface area (Å²) in [5.74, 6) is 0.644. The van der Waals surface area contributed by atoms with Crippen LogP contribution in [0.4, 0.5) is 13.2 Å². The molecule has 0 N–H and O–H groups in total. The molecule has 0 bridgehead atoms. The van der Waals surface area contributed by atoms with E-state index in [0.29, 0.717) is 49.7 Å². The Hall–Kier alpha value is -2.46. The highest BCUT2D eigenvalue weighted by molar-refractivity contribution is 6.34. The van der Waals surface area contributed by atoms with Gasteiger partial charge in [0.05, 0.1) is 25.5 Å². The molecular weight excluding hydrogens is 414 g/mol. The van der Waals surface area contributed by atoms with Crippen LogP contribution in [0.3, 0.4) is 0 Å². The Bertz CT molecular complexity index is 1030. The standard InChI is InChI=1S/C21H23BF3NO5/c1-12-18-16-3-2-14(31-11-21(23,24)25)8-13(16)4-5-26(18)20(17(22)19(12)27)30-10-15-9-28-6-7-29-15/h2-3,8,15H,4-7,9-11,22H2,1H3. The van der Waals surface area contributed by atoms with Crippen LogP contribution in [0.1, 0.15) is 11.1 Å². The molecule has 0 radical (unpaired) electrons. The fourth-order valence-electron chi connectivity index (χ4n) is 4.04. The van der Waals surface area contributed by atoms with Gasteiger partial charge in [0.1, 0.15) is 18.5 Å². The molecule has 1 aromatic carbocycles. The number of aromatic nitrogens is 1. The van der Waals surface area contributed by atoms with Crippen LogP contribution in [0, 0.1) is 6.92 Å². The lowest BCUT2D eigenvalue weighted by atomic mass is 9.89. The number of nitrogens with zero attached hydrogens (tertiary/aromatic N) is 1. The molecule has 1 saturated heterocycles. The van der Waals surface area contributed by atoms with Gasteiger partial charge in [0.25, 0.3) is 0 Å². The van der Waals surface area contributed by atoms with E-state index in [1.165, 1.54) is 6.07 Å². The fraction of sp³-hybridized carbons (Fsp3) is 0.476.